The minimum Gasteiger partial charge on any atom is -0.342 e. The molecule has 4 nitrogen and oxygen atoms in total. The van der Waals surface area contributed by atoms with E-state index in [1.165, 1.54) is 12.1 Å². The van der Waals surface area contributed by atoms with E-state index < -0.39 is 11.6 Å². The lowest BCUT2D eigenvalue weighted by Crippen LogP contribution is -2.46. The van der Waals surface area contributed by atoms with Crippen LogP contribution in [0, 0.1) is 17.6 Å². The van der Waals surface area contributed by atoms with Crippen molar-refractivity contribution in [1.82, 2.24) is 9.80 Å². The van der Waals surface area contributed by atoms with Crippen LogP contribution in [0.15, 0.2) is 30.9 Å². The highest BCUT2D eigenvalue weighted by Crippen LogP contribution is 2.31. The van der Waals surface area contributed by atoms with Crippen molar-refractivity contribution in [3.63, 3.8) is 0 Å². The minimum absolute atomic E-state index is 0.0669. The summed E-state index contributed by atoms with van der Waals surface area (Å²) in [5, 5.41) is 0. The Labute approximate surface area is 152 Å². The average molecular weight is 362 g/mol. The second-order valence-corrected chi connectivity index (χ2v) is 7.09. The van der Waals surface area contributed by atoms with Crippen molar-refractivity contribution in [2.24, 2.45) is 5.92 Å². The number of carbonyl (C=O) groups is 2. The maximum Gasteiger partial charge on any atom is 0.245 e. The minimum atomic E-state index is -0.455. The molecule has 26 heavy (non-hydrogen) atoms. The van der Waals surface area contributed by atoms with E-state index in [0.29, 0.717) is 44.6 Å². The number of hydrogen-bond donors (Lipinski definition) is 0. The highest BCUT2D eigenvalue weighted by atomic mass is 19.1. The summed E-state index contributed by atoms with van der Waals surface area (Å²) in [6.45, 7) is 5.67. The second-order valence-electron chi connectivity index (χ2n) is 7.09. The van der Waals surface area contributed by atoms with E-state index in [0.717, 1.165) is 25.0 Å². The molecule has 1 unspecified atom stereocenters. The molecule has 1 atom stereocenters. The van der Waals surface area contributed by atoms with Crippen LogP contribution in [0.2, 0.25) is 0 Å². The SMILES string of the molecule is C=CC(=O)N1CCC(C(=O)N2CCCC(c3cc(F)ccc3F)C2)CC1. The molecule has 6 heteroatoms. The molecule has 2 heterocycles. The fraction of sp³-hybridized carbons (Fsp3) is 0.500. The van der Waals surface area contributed by atoms with Crippen LogP contribution >= 0.6 is 0 Å². The van der Waals surface area contributed by atoms with E-state index in [-0.39, 0.29) is 23.7 Å². The number of piperidine rings is 2. The zero-order valence-corrected chi connectivity index (χ0v) is 14.8. The van der Waals surface area contributed by atoms with Crippen LogP contribution in [-0.4, -0.2) is 47.8 Å². The number of rotatable bonds is 3. The molecule has 1 aromatic carbocycles. The first kappa shape index (κ1) is 18.5. The fourth-order valence-corrected chi connectivity index (χ4v) is 3.99. The molecule has 0 radical (unpaired) electrons. The van der Waals surface area contributed by atoms with Gasteiger partial charge in [-0.15, -0.1) is 0 Å². The van der Waals surface area contributed by atoms with Gasteiger partial charge < -0.3 is 9.80 Å². The number of amides is 2. The Morgan fingerprint density at radius 3 is 2.50 bits per heavy atom. The Hall–Kier alpha value is -2.24. The highest BCUT2D eigenvalue weighted by Gasteiger charge is 2.33. The van der Waals surface area contributed by atoms with Crippen LogP contribution in [0.5, 0.6) is 0 Å². The van der Waals surface area contributed by atoms with E-state index in [2.05, 4.69) is 6.58 Å². The van der Waals surface area contributed by atoms with E-state index >= 15 is 0 Å². The Bertz CT molecular complexity index is 699. The molecule has 0 aliphatic carbocycles. The number of hydrogen-bond acceptors (Lipinski definition) is 2. The van der Waals surface area contributed by atoms with Gasteiger partial charge in [0.1, 0.15) is 11.6 Å². The fourth-order valence-electron chi connectivity index (χ4n) is 3.99. The second kappa shape index (κ2) is 7.98. The Morgan fingerprint density at radius 2 is 1.81 bits per heavy atom. The molecule has 2 aliphatic heterocycles. The molecule has 2 amide bonds. The molecule has 0 spiro atoms. The number of likely N-dealkylation sites (tertiary alicyclic amines) is 2. The standard InChI is InChI=1S/C20H24F2N2O2/c1-2-19(25)23-10-7-14(8-11-23)20(26)24-9-3-4-15(13-24)17-12-16(21)5-6-18(17)22/h2,5-6,12,14-15H,1,3-4,7-11,13H2. The molecular weight excluding hydrogens is 338 g/mol. The summed E-state index contributed by atoms with van der Waals surface area (Å²) >= 11 is 0. The monoisotopic (exact) mass is 362 g/mol. The largest absolute Gasteiger partial charge is 0.342 e. The van der Waals surface area contributed by atoms with Crippen LogP contribution < -0.4 is 0 Å². The van der Waals surface area contributed by atoms with Crippen LogP contribution in [0.3, 0.4) is 0 Å². The van der Waals surface area contributed by atoms with E-state index in [1.807, 2.05) is 0 Å². The van der Waals surface area contributed by atoms with Gasteiger partial charge in [0, 0.05) is 38.0 Å². The Kier molecular flexibility index (Phi) is 5.69. The third-order valence-corrected chi connectivity index (χ3v) is 5.46. The van der Waals surface area contributed by atoms with Crippen LogP contribution in [-0.2, 0) is 9.59 Å². The van der Waals surface area contributed by atoms with Crippen molar-refractivity contribution in [3.8, 4) is 0 Å². The van der Waals surface area contributed by atoms with Crippen molar-refractivity contribution in [2.75, 3.05) is 26.2 Å². The summed E-state index contributed by atoms with van der Waals surface area (Å²) in [5.74, 6) is -1.19. The molecule has 0 aromatic heterocycles. The van der Waals surface area contributed by atoms with Gasteiger partial charge in [-0.25, -0.2) is 8.78 Å². The molecule has 0 bridgehead atoms. The maximum absolute atomic E-state index is 14.1. The lowest BCUT2D eigenvalue weighted by Gasteiger charge is -2.38. The van der Waals surface area contributed by atoms with Crippen molar-refractivity contribution in [1.29, 1.82) is 0 Å². The molecule has 2 fully saturated rings. The number of halogens is 2. The predicted molar refractivity (Wildman–Crippen MR) is 94.4 cm³/mol. The lowest BCUT2D eigenvalue weighted by molar-refractivity contribution is -0.140. The zero-order chi connectivity index (χ0) is 18.7. The molecule has 0 saturated carbocycles. The average Bonchev–Trinajstić information content (AvgIpc) is 2.69. The Morgan fingerprint density at radius 1 is 1.08 bits per heavy atom. The van der Waals surface area contributed by atoms with E-state index in [4.69, 9.17) is 0 Å². The summed E-state index contributed by atoms with van der Waals surface area (Å²) in [7, 11) is 0. The van der Waals surface area contributed by atoms with Crippen molar-refractivity contribution in [2.45, 2.75) is 31.6 Å². The van der Waals surface area contributed by atoms with Gasteiger partial charge in [-0.05, 0) is 55.5 Å². The molecule has 140 valence electrons. The van der Waals surface area contributed by atoms with Gasteiger partial charge in [-0.3, -0.25) is 9.59 Å². The smallest absolute Gasteiger partial charge is 0.245 e. The Balaban J connectivity index is 1.63. The molecule has 1 aromatic rings. The number of nitrogens with zero attached hydrogens (tertiary/aromatic N) is 2. The lowest BCUT2D eigenvalue weighted by atomic mass is 9.88. The van der Waals surface area contributed by atoms with Crippen LogP contribution in [0.25, 0.3) is 0 Å². The molecule has 2 saturated heterocycles. The van der Waals surface area contributed by atoms with Gasteiger partial charge in [-0.1, -0.05) is 6.58 Å². The summed E-state index contributed by atoms with van der Waals surface area (Å²) < 4.78 is 27.6. The summed E-state index contributed by atoms with van der Waals surface area (Å²) in [6, 6.07) is 3.51. The summed E-state index contributed by atoms with van der Waals surface area (Å²) in [5.41, 5.74) is 0.355. The topological polar surface area (TPSA) is 40.6 Å². The van der Waals surface area contributed by atoms with Gasteiger partial charge in [0.05, 0.1) is 0 Å². The molecular formula is C20H24F2N2O2. The van der Waals surface area contributed by atoms with Crippen molar-refractivity contribution in [3.05, 3.63) is 48.1 Å². The number of carbonyl (C=O) groups excluding carboxylic acids is 2. The van der Waals surface area contributed by atoms with Gasteiger partial charge >= 0.3 is 0 Å². The first-order valence-corrected chi connectivity index (χ1v) is 9.14. The van der Waals surface area contributed by atoms with Gasteiger partial charge in [0.2, 0.25) is 11.8 Å². The first-order valence-electron chi connectivity index (χ1n) is 9.14. The quantitative estimate of drug-likeness (QED) is 0.776. The van der Waals surface area contributed by atoms with Gasteiger partial charge in [0.15, 0.2) is 0 Å². The van der Waals surface area contributed by atoms with Crippen molar-refractivity contribution < 1.29 is 18.4 Å². The zero-order valence-electron chi connectivity index (χ0n) is 14.8. The molecule has 2 aliphatic rings. The third kappa shape index (κ3) is 3.94. The summed E-state index contributed by atoms with van der Waals surface area (Å²) in [4.78, 5) is 28.0. The summed E-state index contributed by atoms with van der Waals surface area (Å²) in [6.07, 6.45) is 4.09. The van der Waals surface area contributed by atoms with E-state index in [1.54, 1.807) is 9.80 Å². The molecule has 0 N–H and O–H groups in total. The van der Waals surface area contributed by atoms with Crippen LogP contribution in [0.4, 0.5) is 8.78 Å². The van der Waals surface area contributed by atoms with Gasteiger partial charge in [0.25, 0.3) is 0 Å². The van der Waals surface area contributed by atoms with E-state index in [9.17, 15) is 18.4 Å². The highest BCUT2D eigenvalue weighted by molar-refractivity contribution is 5.87. The third-order valence-electron chi connectivity index (χ3n) is 5.46. The predicted octanol–water partition coefficient (Wildman–Crippen LogP) is 3.10. The first-order chi connectivity index (χ1) is 12.5. The number of benzene rings is 1. The molecule has 3 rings (SSSR count). The normalized spacial score (nSPS) is 21.5. The maximum atomic E-state index is 14.1. The van der Waals surface area contributed by atoms with Crippen LogP contribution in [0.1, 0.15) is 37.2 Å². The van der Waals surface area contributed by atoms with Gasteiger partial charge in [-0.2, -0.15) is 0 Å². The van der Waals surface area contributed by atoms with Crippen molar-refractivity contribution >= 4 is 11.8 Å².